The molecule has 1 unspecified atom stereocenters. The summed E-state index contributed by atoms with van der Waals surface area (Å²) in [5.41, 5.74) is 2.16. The van der Waals surface area contributed by atoms with E-state index in [-0.39, 0.29) is 12.0 Å². The molecule has 16 heavy (non-hydrogen) atoms. The summed E-state index contributed by atoms with van der Waals surface area (Å²) >= 11 is 3.59. The van der Waals surface area contributed by atoms with Crippen LogP contribution in [0.15, 0.2) is 4.47 Å². The second-order valence-corrected chi connectivity index (χ2v) is 5.45. The maximum absolute atomic E-state index is 9.46. The fraction of sp³-hybridized carbons (Fsp3) is 0.750. The SMILES string of the molecule is CCn1nc(C)c(Br)c1CC(C)(CC)CO. The summed E-state index contributed by atoms with van der Waals surface area (Å²) in [6.45, 7) is 9.40. The van der Waals surface area contributed by atoms with E-state index in [0.29, 0.717) is 0 Å². The molecule has 92 valence electrons. The Balaban J connectivity index is 3.04. The quantitative estimate of drug-likeness (QED) is 0.905. The number of nitrogens with zero attached hydrogens (tertiary/aromatic N) is 2. The van der Waals surface area contributed by atoms with Gasteiger partial charge in [0, 0.05) is 13.2 Å². The van der Waals surface area contributed by atoms with Crippen molar-refractivity contribution in [1.29, 1.82) is 0 Å². The molecule has 0 aliphatic rings. The predicted octanol–water partition coefficient (Wildman–Crippen LogP) is 2.93. The maximum Gasteiger partial charge on any atom is 0.0738 e. The largest absolute Gasteiger partial charge is 0.396 e. The topological polar surface area (TPSA) is 38.0 Å². The van der Waals surface area contributed by atoms with Crippen LogP contribution in [0.1, 0.15) is 38.6 Å². The summed E-state index contributed by atoms with van der Waals surface area (Å²) in [6, 6.07) is 0. The average Bonchev–Trinajstić information content (AvgIpc) is 2.56. The van der Waals surface area contributed by atoms with Gasteiger partial charge in [-0.1, -0.05) is 13.8 Å². The predicted molar refractivity (Wildman–Crippen MR) is 69.5 cm³/mol. The van der Waals surface area contributed by atoms with Gasteiger partial charge in [-0.25, -0.2) is 0 Å². The van der Waals surface area contributed by atoms with E-state index in [1.165, 1.54) is 5.69 Å². The van der Waals surface area contributed by atoms with Crippen LogP contribution in [-0.2, 0) is 13.0 Å². The fourth-order valence-electron chi connectivity index (χ4n) is 1.73. The molecule has 1 rings (SSSR count). The van der Waals surface area contributed by atoms with Crippen molar-refractivity contribution in [2.45, 2.75) is 47.1 Å². The molecule has 0 fully saturated rings. The monoisotopic (exact) mass is 288 g/mol. The molecule has 0 saturated heterocycles. The average molecular weight is 289 g/mol. The van der Waals surface area contributed by atoms with Crippen LogP contribution in [0.2, 0.25) is 0 Å². The first-order valence-electron chi connectivity index (χ1n) is 5.80. The Morgan fingerprint density at radius 2 is 2.06 bits per heavy atom. The zero-order valence-electron chi connectivity index (χ0n) is 10.5. The van der Waals surface area contributed by atoms with Gasteiger partial charge in [-0.2, -0.15) is 5.10 Å². The van der Waals surface area contributed by atoms with Crippen LogP contribution in [0.25, 0.3) is 0 Å². The van der Waals surface area contributed by atoms with Crippen LogP contribution in [-0.4, -0.2) is 21.5 Å². The van der Waals surface area contributed by atoms with E-state index >= 15 is 0 Å². The fourth-order valence-corrected chi connectivity index (χ4v) is 2.16. The minimum absolute atomic E-state index is 0.0537. The van der Waals surface area contributed by atoms with Crippen LogP contribution >= 0.6 is 15.9 Å². The van der Waals surface area contributed by atoms with Crippen molar-refractivity contribution in [3.05, 3.63) is 15.9 Å². The molecule has 0 spiro atoms. The van der Waals surface area contributed by atoms with Gasteiger partial charge in [0.2, 0.25) is 0 Å². The highest BCUT2D eigenvalue weighted by Crippen LogP contribution is 2.31. The summed E-state index contributed by atoms with van der Waals surface area (Å²) < 4.78 is 3.10. The highest BCUT2D eigenvalue weighted by atomic mass is 79.9. The van der Waals surface area contributed by atoms with E-state index in [0.717, 1.165) is 29.6 Å². The van der Waals surface area contributed by atoms with Gasteiger partial charge in [-0.05, 0) is 48.0 Å². The normalized spacial score (nSPS) is 15.1. The van der Waals surface area contributed by atoms with Crippen molar-refractivity contribution in [3.63, 3.8) is 0 Å². The van der Waals surface area contributed by atoms with Crippen molar-refractivity contribution in [2.75, 3.05) is 6.61 Å². The van der Waals surface area contributed by atoms with Crippen LogP contribution in [0, 0.1) is 12.3 Å². The molecular weight excluding hydrogens is 268 g/mol. The Kier molecular flexibility index (Phi) is 4.56. The van der Waals surface area contributed by atoms with E-state index in [1.807, 2.05) is 11.6 Å². The standard InChI is InChI=1S/C12H21BrN2O/c1-5-12(4,8-16)7-10-11(13)9(3)14-15(10)6-2/h16H,5-8H2,1-4H3. The lowest BCUT2D eigenvalue weighted by atomic mass is 9.83. The Bertz CT molecular complexity index is 356. The molecule has 1 aromatic rings. The Hall–Kier alpha value is -0.350. The van der Waals surface area contributed by atoms with Crippen LogP contribution in [0.5, 0.6) is 0 Å². The third-order valence-electron chi connectivity index (χ3n) is 3.28. The number of halogens is 1. The van der Waals surface area contributed by atoms with Crippen LogP contribution in [0.3, 0.4) is 0 Å². The molecule has 3 nitrogen and oxygen atoms in total. The smallest absolute Gasteiger partial charge is 0.0738 e. The van der Waals surface area contributed by atoms with Gasteiger partial charge in [0.1, 0.15) is 0 Å². The first-order chi connectivity index (χ1) is 7.47. The van der Waals surface area contributed by atoms with Crippen molar-refractivity contribution < 1.29 is 5.11 Å². The Morgan fingerprint density at radius 1 is 1.44 bits per heavy atom. The highest BCUT2D eigenvalue weighted by molar-refractivity contribution is 9.10. The van der Waals surface area contributed by atoms with E-state index in [4.69, 9.17) is 0 Å². The lowest BCUT2D eigenvalue weighted by molar-refractivity contribution is 0.135. The number of hydrogen-bond acceptors (Lipinski definition) is 2. The van der Waals surface area contributed by atoms with E-state index in [2.05, 4.69) is 41.8 Å². The van der Waals surface area contributed by atoms with Gasteiger partial charge in [-0.3, -0.25) is 4.68 Å². The Morgan fingerprint density at radius 3 is 2.50 bits per heavy atom. The first-order valence-corrected chi connectivity index (χ1v) is 6.59. The second-order valence-electron chi connectivity index (χ2n) is 4.66. The molecule has 0 bridgehead atoms. The third-order valence-corrected chi connectivity index (χ3v) is 4.31. The van der Waals surface area contributed by atoms with Crippen molar-refractivity contribution in [2.24, 2.45) is 5.41 Å². The van der Waals surface area contributed by atoms with Gasteiger partial charge in [-0.15, -0.1) is 0 Å². The minimum atomic E-state index is -0.0537. The molecular formula is C12H21BrN2O. The molecule has 0 amide bonds. The van der Waals surface area contributed by atoms with Gasteiger partial charge >= 0.3 is 0 Å². The lowest BCUT2D eigenvalue weighted by Crippen LogP contribution is -2.25. The molecule has 0 saturated carbocycles. The van der Waals surface area contributed by atoms with E-state index < -0.39 is 0 Å². The van der Waals surface area contributed by atoms with E-state index in [1.54, 1.807) is 0 Å². The molecule has 0 aliphatic carbocycles. The molecule has 1 atom stereocenters. The van der Waals surface area contributed by atoms with Crippen LogP contribution in [0.4, 0.5) is 0 Å². The van der Waals surface area contributed by atoms with Gasteiger partial charge in [0.25, 0.3) is 0 Å². The Labute approximate surface area is 106 Å². The van der Waals surface area contributed by atoms with Gasteiger partial charge < -0.3 is 5.11 Å². The number of hydrogen-bond donors (Lipinski definition) is 1. The van der Waals surface area contributed by atoms with Gasteiger partial charge in [0.15, 0.2) is 0 Å². The third kappa shape index (κ3) is 2.66. The number of aliphatic hydroxyl groups is 1. The molecule has 1 aromatic heterocycles. The highest BCUT2D eigenvalue weighted by Gasteiger charge is 2.25. The zero-order valence-corrected chi connectivity index (χ0v) is 12.1. The molecule has 1 heterocycles. The maximum atomic E-state index is 9.46. The number of aryl methyl sites for hydroxylation is 2. The second kappa shape index (κ2) is 5.32. The molecule has 0 radical (unpaired) electrons. The molecule has 0 aromatic carbocycles. The van der Waals surface area contributed by atoms with Gasteiger partial charge in [0.05, 0.1) is 15.9 Å². The zero-order chi connectivity index (χ0) is 12.3. The summed E-state index contributed by atoms with van der Waals surface area (Å²) in [5, 5.41) is 13.9. The summed E-state index contributed by atoms with van der Waals surface area (Å²) in [6.07, 6.45) is 1.82. The first kappa shape index (κ1) is 13.7. The van der Waals surface area contributed by atoms with Crippen molar-refractivity contribution in [3.8, 4) is 0 Å². The lowest BCUT2D eigenvalue weighted by Gasteiger charge is -2.26. The number of aromatic nitrogens is 2. The summed E-state index contributed by atoms with van der Waals surface area (Å²) in [7, 11) is 0. The minimum Gasteiger partial charge on any atom is -0.396 e. The van der Waals surface area contributed by atoms with Crippen molar-refractivity contribution >= 4 is 15.9 Å². The number of rotatable bonds is 5. The van der Waals surface area contributed by atoms with Crippen LogP contribution < -0.4 is 0 Å². The van der Waals surface area contributed by atoms with Crippen molar-refractivity contribution in [1.82, 2.24) is 9.78 Å². The number of aliphatic hydroxyl groups excluding tert-OH is 1. The van der Waals surface area contributed by atoms with E-state index in [9.17, 15) is 5.11 Å². The summed E-state index contributed by atoms with van der Waals surface area (Å²) in [5.74, 6) is 0. The molecule has 0 aliphatic heterocycles. The summed E-state index contributed by atoms with van der Waals surface area (Å²) in [4.78, 5) is 0. The molecule has 1 N–H and O–H groups in total. The molecule has 4 heteroatoms.